The van der Waals surface area contributed by atoms with E-state index in [1.807, 2.05) is 4.90 Å². The molecule has 0 radical (unpaired) electrons. The molecule has 1 unspecified atom stereocenters. The highest BCUT2D eigenvalue weighted by molar-refractivity contribution is 7.09. The summed E-state index contributed by atoms with van der Waals surface area (Å²) in [6.07, 6.45) is 2.86. The van der Waals surface area contributed by atoms with Gasteiger partial charge in [-0.1, -0.05) is 0 Å². The Bertz CT molecular complexity index is 458. The molecule has 1 aliphatic rings. The lowest BCUT2D eigenvalue weighted by Crippen LogP contribution is -2.39. The predicted molar refractivity (Wildman–Crippen MR) is 67.8 cm³/mol. The smallest absolute Gasteiger partial charge is 0.355 e. The number of aromatic nitrogens is 1. The Balaban J connectivity index is 1.96. The van der Waals surface area contributed by atoms with Gasteiger partial charge >= 0.3 is 5.97 Å². The number of piperidine rings is 1. The van der Waals surface area contributed by atoms with Crippen molar-refractivity contribution in [2.75, 3.05) is 13.1 Å². The number of carboxylic acid groups (broad SMARTS) is 1. The molecule has 0 saturated carbocycles. The molecular formula is C12H16N2O3S. The monoisotopic (exact) mass is 268 g/mol. The summed E-state index contributed by atoms with van der Waals surface area (Å²) in [5.74, 6) is -0.466. The zero-order valence-corrected chi connectivity index (χ0v) is 11.1. The van der Waals surface area contributed by atoms with Crippen molar-refractivity contribution >= 4 is 23.2 Å². The normalized spacial score (nSPS) is 19.8. The molecule has 1 aromatic rings. The van der Waals surface area contributed by atoms with E-state index in [4.69, 9.17) is 5.11 Å². The lowest BCUT2D eigenvalue weighted by atomic mass is 9.95. The van der Waals surface area contributed by atoms with Crippen molar-refractivity contribution in [3.63, 3.8) is 0 Å². The molecule has 1 aromatic heterocycles. The van der Waals surface area contributed by atoms with Crippen LogP contribution in [0.2, 0.25) is 0 Å². The van der Waals surface area contributed by atoms with Gasteiger partial charge in [-0.05, 0) is 18.8 Å². The first-order chi connectivity index (χ1) is 8.56. The highest BCUT2D eigenvalue weighted by Gasteiger charge is 2.23. The molecule has 18 heavy (non-hydrogen) atoms. The lowest BCUT2D eigenvalue weighted by Gasteiger charge is -2.31. The molecule has 0 aromatic carbocycles. The van der Waals surface area contributed by atoms with E-state index in [1.54, 1.807) is 12.3 Å². The van der Waals surface area contributed by atoms with Gasteiger partial charge in [0.25, 0.3) is 0 Å². The van der Waals surface area contributed by atoms with Crippen LogP contribution in [-0.2, 0) is 11.2 Å². The van der Waals surface area contributed by atoms with E-state index in [0.717, 1.165) is 37.4 Å². The van der Waals surface area contributed by atoms with Crippen LogP contribution in [0.4, 0.5) is 0 Å². The number of nitrogens with zero attached hydrogens (tertiary/aromatic N) is 2. The summed E-state index contributed by atoms with van der Waals surface area (Å²) in [5, 5.41) is 11.2. The maximum absolute atomic E-state index is 11.3. The first kappa shape index (κ1) is 13.0. The van der Waals surface area contributed by atoms with E-state index >= 15 is 0 Å². The minimum atomic E-state index is -0.980. The molecule has 5 nitrogen and oxygen atoms in total. The maximum atomic E-state index is 11.3. The molecule has 6 heteroatoms. The van der Waals surface area contributed by atoms with Crippen molar-refractivity contribution in [3.05, 3.63) is 16.1 Å². The third-order valence-electron chi connectivity index (χ3n) is 3.20. The zero-order chi connectivity index (χ0) is 13.1. The molecule has 1 atom stereocenters. The van der Waals surface area contributed by atoms with Crippen molar-refractivity contribution in [1.29, 1.82) is 0 Å². The van der Waals surface area contributed by atoms with Crippen LogP contribution in [0.5, 0.6) is 0 Å². The third-order valence-corrected chi connectivity index (χ3v) is 4.07. The first-order valence-corrected chi connectivity index (χ1v) is 6.87. The standard InChI is InChI=1S/C12H16N2O3S/c1-8(15)14-4-2-3-9(6-14)5-11-13-10(7-18-11)12(16)17/h7,9H,2-6H2,1H3,(H,16,17). The average molecular weight is 268 g/mol. The van der Waals surface area contributed by atoms with Gasteiger partial charge in [0.1, 0.15) is 0 Å². The largest absolute Gasteiger partial charge is 0.476 e. The van der Waals surface area contributed by atoms with Gasteiger partial charge in [0.2, 0.25) is 5.91 Å². The Kier molecular flexibility index (Phi) is 3.96. The number of likely N-dealkylation sites (tertiary alicyclic amines) is 1. The zero-order valence-electron chi connectivity index (χ0n) is 10.3. The Morgan fingerprint density at radius 3 is 3.00 bits per heavy atom. The summed E-state index contributed by atoms with van der Waals surface area (Å²) >= 11 is 1.39. The van der Waals surface area contributed by atoms with Crippen LogP contribution in [0, 0.1) is 5.92 Å². The topological polar surface area (TPSA) is 70.5 Å². The van der Waals surface area contributed by atoms with Crippen LogP contribution in [0.3, 0.4) is 0 Å². The minimum Gasteiger partial charge on any atom is -0.476 e. The quantitative estimate of drug-likeness (QED) is 0.904. The van der Waals surface area contributed by atoms with Crippen LogP contribution in [0.15, 0.2) is 5.38 Å². The van der Waals surface area contributed by atoms with E-state index in [9.17, 15) is 9.59 Å². The molecule has 0 bridgehead atoms. The van der Waals surface area contributed by atoms with Gasteiger partial charge in [-0.15, -0.1) is 11.3 Å². The van der Waals surface area contributed by atoms with Gasteiger partial charge in [-0.2, -0.15) is 0 Å². The van der Waals surface area contributed by atoms with Crippen LogP contribution in [-0.4, -0.2) is 40.0 Å². The molecule has 1 aliphatic heterocycles. The molecule has 0 aliphatic carbocycles. The van der Waals surface area contributed by atoms with Crippen molar-refractivity contribution in [2.24, 2.45) is 5.92 Å². The summed E-state index contributed by atoms with van der Waals surface area (Å²) in [4.78, 5) is 28.0. The van der Waals surface area contributed by atoms with Crippen LogP contribution >= 0.6 is 11.3 Å². The number of rotatable bonds is 3. The predicted octanol–water partition coefficient (Wildman–Crippen LogP) is 1.64. The minimum absolute atomic E-state index is 0.116. The molecule has 1 N–H and O–H groups in total. The summed E-state index contributed by atoms with van der Waals surface area (Å²) in [6.45, 7) is 3.19. The number of hydrogen-bond donors (Lipinski definition) is 1. The first-order valence-electron chi connectivity index (χ1n) is 5.99. The van der Waals surface area contributed by atoms with Crippen LogP contribution < -0.4 is 0 Å². The van der Waals surface area contributed by atoms with E-state index in [2.05, 4.69) is 4.98 Å². The van der Waals surface area contributed by atoms with Gasteiger partial charge in [-0.3, -0.25) is 4.79 Å². The maximum Gasteiger partial charge on any atom is 0.355 e. The molecule has 2 rings (SSSR count). The average Bonchev–Trinajstić information content (AvgIpc) is 2.78. The highest BCUT2D eigenvalue weighted by Crippen LogP contribution is 2.22. The van der Waals surface area contributed by atoms with E-state index in [1.165, 1.54) is 11.3 Å². The Morgan fingerprint density at radius 1 is 1.61 bits per heavy atom. The Labute approximate surface area is 109 Å². The number of carbonyl (C=O) groups excluding carboxylic acids is 1. The fourth-order valence-corrected chi connectivity index (χ4v) is 3.15. The molecule has 98 valence electrons. The SMILES string of the molecule is CC(=O)N1CCCC(Cc2nc(C(=O)O)cs2)C1. The summed E-state index contributed by atoms with van der Waals surface area (Å²) in [6, 6.07) is 0. The number of thiazole rings is 1. The summed E-state index contributed by atoms with van der Waals surface area (Å²) in [5.41, 5.74) is 0.120. The van der Waals surface area contributed by atoms with Gasteiger partial charge < -0.3 is 10.0 Å². The van der Waals surface area contributed by atoms with Crippen molar-refractivity contribution in [1.82, 2.24) is 9.88 Å². The van der Waals surface area contributed by atoms with Crippen LogP contribution in [0.1, 0.15) is 35.3 Å². The van der Waals surface area contributed by atoms with Crippen LogP contribution in [0.25, 0.3) is 0 Å². The number of carboxylic acids is 1. The molecule has 1 amide bonds. The summed E-state index contributed by atoms with van der Waals surface area (Å²) < 4.78 is 0. The van der Waals surface area contributed by atoms with E-state index in [-0.39, 0.29) is 11.6 Å². The van der Waals surface area contributed by atoms with Gasteiger partial charge in [-0.25, -0.2) is 9.78 Å². The number of carbonyl (C=O) groups is 2. The second kappa shape index (κ2) is 5.48. The second-order valence-corrected chi connectivity index (χ2v) is 5.55. The number of amides is 1. The number of aromatic carboxylic acids is 1. The molecule has 1 fully saturated rings. The number of hydrogen-bond acceptors (Lipinski definition) is 4. The fourth-order valence-electron chi connectivity index (χ4n) is 2.27. The van der Waals surface area contributed by atoms with Gasteiger partial charge in [0.15, 0.2) is 5.69 Å². The third kappa shape index (κ3) is 3.07. The van der Waals surface area contributed by atoms with Crippen molar-refractivity contribution in [3.8, 4) is 0 Å². The van der Waals surface area contributed by atoms with Gasteiger partial charge in [0, 0.05) is 31.8 Å². The Hall–Kier alpha value is -1.43. The summed E-state index contributed by atoms with van der Waals surface area (Å²) in [7, 11) is 0. The van der Waals surface area contributed by atoms with Gasteiger partial charge in [0.05, 0.1) is 5.01 Å². The van der Waals surface area contributed by atoms with Crippen molar-refractivity contribution < 1.29 is 14.7 Å². The lowest BCUT2D eigenvalue weighted by molar-refractivity contribution is -0.130. The van der Waals surface area contributed by atoms with E-state index < -0.39 is 5.97 Å². The highest BCUT2D eigenvalue weighted by atomic mass is 32.1. The molecule has 0 spiro atoms. The molecule has 1 saturated heterocycles. The molecule has 2 heterocycles. The fraction of sp³-hybridized carbons (Fsp3) is 0.583. The molecular weight excluding hydrogens is 252 g/mol. The van der Waals surface area contributed by atoms with Crippen molar-refractivity contribution in [2.45, 2.75) is 26.2 Å². The Morgan fingerprint density at radius 2 is 2.39 bits per heavy atom. The second-order valence-electron chi connectivity index (χ2n) is 4.61. The van der Waals surface area contributed by atoms with E-state index in [0.29, 0.717) is 5.92 Å².